The summed E-state index contributed by atoms with van der Waals surface area (Å²) in [4.78, 5) is 13.6. The molecule has 116 valence electrons. The van der Waals surface area contributed by atoms with Crippen molar-refractivity contribution < 1.29 is 13.2 Å². The van der Waals surface area contributed by atoms with Gasteiger partial charge in [-0.1, -0.05) is 0 Å². The molecular formula is C12H19N5O3S. The Balaban J connectivity index is 1.58. The van der Waals surface area contributed by atoms with Crippen LogP contribution in [-0.4, -0.2) is 58.7 Å². The van der Waals surface area contributed by atoms with E-state index in [1.807, 2.05) is 4.57 Å². The van der Waals surface area contributed by atoms with Crippen LogP contribution in [0.5, 0.6) is 0 Å². The molecule has 2 amide bonds. The van der Waals surface area contributed by atoms with Crippen molar-refractivity contribution in [1.29, 1.82) is 0 Å². The average Bonchev–Trinajstić information content (AvgIpc) is 3.07. The minimum atomic E-state index is -2.98. The second-order valence-corrected chi connectivity index (χ2v) is 7.92. The smallest absolute Gasteiger partial charge is 0.317 e. The molecule has 1 atom stereocenters. The van der Waals surface area contributed by atoms with Crippen LogP contribution in [0, 0.1) is 0 Å². The highest BCUT2D eigenvalue weighted by Gasteiger charge is 2.30. The van der Waals surface area contributed by atoms with Crippen LogP contribution in [0.4, 0.5) is 4.79 Å². The van der Waals surface area contributed by atoms with Crippen molar-refractivity contribution in [3.05, 3.63) is 11.6 Å². The highest BCUT2D eigenvalue weighted by Crippen LogP contribution is 2.15. The summed E-state index contributed by atoms with van der Waals surface area (Å²) in [5.74, 6) is 1.94. The summed E-state index contributed by atoms with van der Waals surface area (Å²) in [5.41, 5.74) is 0. The number of fused-ring (bicyclic) bond motifs is 1. The molecule has 0 bridgehead atoms. The first-order valence-electron chi connectivity index (χ1n) is 7.07. The second-order valence-electron chi connectivity index (χ2n) is 5.69. The molecule has 0 radical (unpaired) electrons. The third kappa shape index (κ3) is 3.02. The Bertz CT molecular complexity index is 654. The number of aryl methyl sites for hydroxylation is 1. The first kappa shape index (κ1) is 14.3. The van der Waals surface area contributed by atoms with Gasteiger partial charge in [-0.2, -0.15) is 0 Å². The van der Waals surface area contributed by atoms with Crippen LogP contribution < -0.4 is 5.32 Å². The number of amides is 2. The standard InChI is InChI=1S/C12H19N5O3S/c1-16(7-11-15-14-10-3-2-5-17(10)11)12(18)13-9-4-6-21(19,20)8-9/h9H,2-8H2,1H3,(H,13,18). The Morgan fingerprint density at radius 1 is 1.48 bits per heavy atom. The molecule has 1 N–H and O–H groups in total. The fraction of sp³-hybridized carbons (Fsp3) is 0.750. The lowest BCUT2D eigenvalue weighted by Gasteiger charge is -2.20. The predicted octanol–water partition coefficient (Wildman–Crippen LogP) is -0.447. The predicted molar refractivity (Wildman–Crippen MR) is 75.4 cm³/mol. The van der Waals surface area contributed by atoms with E-state index in [2.05, 4.69) is 15.5 Å². The largest absolute Gasteiger partial charge is 0.334 e. The van der Waals surface area contributed by atoms with E-state index >= 15 is 0 Å². The Labute approximate surface area is 123 Å². The van der Waals surface area contributed by atoms with E-state index < -0.39 is 9.84 Å². The average molecular weight is 313 g/mol. The van der Waals surface area contributed by atoms with Gasteiger partial charge in [0.2, 0.25) is 0 Å². The lowest BCUT2D eigenvalue weighted by molar-refractivity contribution is 0.202. The van der Waals surface area contributed by atoms with E-state index in [1.165, 1.54) is 4.90 Å². The fourth-order valence-corrected chi connectivity index (χ4v) is 4.48. The number of nitrogens with one attached hydrogen (secondary N) is 1. The zero-order chi connectivity index (χ0) is 15.0. The van der Waals surface area contributed by atoms with Gasteiger partial charge in [0, 0.05) is 26.1 Å². The fourth-order valence-electron chi connectivity index (χ4n) is 2.81. The van der Waals surface area contributed by atoms with Gasteiger partial charge in [-0.3, -0.25) is 0 Å². The van der Waals surface area contributed by atoms with Crippen LogP contribution >= 0.6 is 0 Å². The van der Waals surface area contributed by atoms with Crippen molar-refractivity contribution in [3.63, 3.8) is 0 Å². The number of aromatic nitrogens is 3. The van der Waals surface area contributed by atoms with Crippen molar-refractivity contribution in [2.24, 2.45) is 0 Å². The molecule has 1 aromatic heterocycles. The summed E-state index contributed by atoms with van der Waals surface area (Å²) >= 11 is 0. The zero-order valence-electron chi connectivity index (χ0n) is 11.9. The molecule has 1 fully saturated rings. The van der Waals surface area contributed by atoms with Crippen LogP contribution in [0.15, 0.2) is 0 Å². The maximum absolute atomic E-state index is 12.1. The number of hydrogen-bond acceptors (Lipinski definition) is 5. The molecule has 2 aliphatic rings. The van der Waals surface area contributed by atoms with Crippen LogP contribution in [-0.2, 0) is 29.3 Å². The van der Waals surface area contributed by atoms with E-state index in [0.717, 1.165) is 31.0 Å². The third-order valence-corrected chi connectivity index (χ3v) is 5.74. The first-order chi connectivity index (χ1) is 9.94. The van der Waals surface area contributed by atoms with Crippen molar-refractivity contribution in [2.75, 3.05) is 18.6 Å². The Morgan fingerprint density at radius 3 is 3.00 bits per heavy atom. The first-order valence-corrected chi connectivity index (χ1v) is 8.90. The second kappa shape index (κ2) is 5.28. The third-order valence-electron chi connectivity index (χ3n) is 3.97. The monoisotopic (exact) mass is 313 g/mol. The van der Waals surface area contributed by atoms with Crippen molar-refractivity contribution >= 4 is 15.9 Å². The van der Waals surface area contributed by atoms with Gasteiger partial charge >= 0.3 is 6.03 Å². The summed E-state index contributed by atoms with van der Waals surface area (Å²) in [7, 11) is -1.31. The molecular weight excluding hydrogens is 294 g/mol. The number of sulfone groups is 1. The molecule has 9 heteroatoms. The molecule has 0 aromatic carbocycles. The summed E-state index contributed by atoms with van der Waals surface area (Å²) in [6, 6.07) is -0.554. The van der Waals surface area contributed by atoms with Crippen molar-refractivity contribution in [1.82, 2.24) is 25.0 Å². The van der Waals surface area contributed by atoms with Crippen LogP contribution in [0.25, 0.3) is 0 Å². The minimum Gasteiger partial charge on any atom is -0.334 e. The summed E-state index contributed by atoms with van der Waals surface area (Å²) < 4.78 is 24.8. The molecule has 1 unspecified atom stereocenters. The van der Waals surface area contributed by atoms with E-state index in [4.69, 9.17) is 0 Å². The van der Waals surface area contributed by atoms with Crippen LogP contribution in [0.2, 0.25) is 0 Å². The van der Waals surface area contributed by atoms with Crippen molar-refractivity contribution in [3.8, 4) is 0 Å². The summed E-state index contributed by atoms with van der Waals surface area (Å²) in [6.07, 6.45) is 2.48. The number of carbonyl (C=O) groups is 1. The molecule has 0 saturated carbocycles. The molecule has 2 aliphatic heterocycles. The topological polar surface area (TPSA) is 97.2 Å². The molecule has 8 nitrogen and oxygen atoms in total. The van der Waals surface area contributed by atoms with E-state index in [-0.39, 0.29) is 23.6 Å². The number of nitrogens with zero attached hydrogens (tertiary/aromatic N) is 4. The van der Waals surface area contributed by atoms with E-state index in [1.54, 1.807) is 7.05 Å². The van der Waals surface area contributed by atoms with E-state index in [9.17, 15) is 13.2 Å². The molecule has 0 spiro atoms. The number of hydrogen-bond donors (Lipinski definition) is 1. The Kier molecular flexibility index (Phi) is 3.60. The van der Waals surface area contributed by atoms with E-state index in [0.29, 0.717) is 13.0 Å². The molecule has 1 aromatic rings. The number of carbonyl (C=O) groups excluding carboxylic acids is 1. The van der Waals surface area contributed by atoms with Gasteiger partial charge in [-0.15, -0.1) is 10.2 Å². The SMILES string of the molecule is CN(Cc1nnc2n1CCC2)C(=O)NC1CCS(=O)(=O)C1. The van der Waals surface area contributed by atoms with Gasteiger partial charge in [-0.25, -0.2) is 13.2 Å². The zero-order valence-corrected chi connectivity index (χ0v) is 12.8. The van der Waals surface area contributed by atoms with Gasteiger partial charge in [0.05, 0.1) is 18.1 Å². The van der Waals surface area contributed by atoms with Gasteiger partial charge in [0.15, 0.2) is 15.7 Å². The quantitative estimate of drug-likeness (QED) is 0.815. The molecule has 3 heterocycles. The molecule has 21 heavy (non-hydrogen) atoms. The van der Waals surface area contributed by atoms with Gasteiger partial charge in [-0.05, 0) is 12.8 Å². The maximum atomic E-state index is 12.1. The molecule has 3 rings (SSSR count). The Hall–Kier alpha value is -1.64. The number of urea groups is 1. The van der Waals surface area contributed by atoms with Gasteiger partial charge in [0.1, 0.15) is 5.82 Å². The number of rotatable bonds is 3. The summed E-state index contributed by atoms with van der Waals surface area (Å²) in [5, 5.41) is 11.0. The maximum Gasteiger partial charge on any atom is 0.317 e. The van der Waals surface area contributed by atoms with Crippen LogP contribution in [0.1, 0.15) is 24.5 Å². The van der Waals surface area contributed by atoms with Gasteiger partial charge < -0.3 is 14.8 Å². The molecule has 1 saturated heterocycles. The van der Waals surface area contributed by atoms with Crippen molar-refractivity contribution in [2.45, 2.75) is 38.4 Å². The van der Waals surface area contributed by atoms with Crippen LogP contribution in [0.3, 0.4) is 0 Å². The lowest BCUT2D eigenvalue weighted by Crippen LogP contribution is -2.43. The van der Waals surface area contributed by atoms with Gasteiger partial charge in [0.25, 0.3) is 0 Å². The summed E-state index contributed by atoms with van der Waals surface area (Å²) in [6.45, 7) is 1.27. The lowest BCUT2D eigenvalue weighted by atomic mass is 10.3. The molecule has 0 aliphatic carbocycles. The minimum absolute atomic E-state index is 0.0346. The Morgan fingerprint density at radius 2 is 2.29 bits per heavy atom. The normalized spacial score (nSPS) is 23.0. The highest BCUT2D eigenvalue weighted by molar-refractivity contribution is 7.91. The highest BCUT2D eigenvalue weighted by atomic mass is 32.2.